The molecule has 2 unspecified atom stereocenters. The molecule has 0 aromatic rings. The molecule has 2 aliphatic rings. The van der Waals surface area contributed by atoms with Gasteiger partial charge in [0.15, 0.2) is 0 Å². The zero-order valence-electron chi connectivity index (χ0n) is 8.11. The molecule has 74 valence electrons. The van der Waals surface area contributed by atoms with Gasteiger partial charge in [-0.2, -0.15) is 0 Å². The van der Waals surface area contributed by atoms with Crippen LogP contribution < -0.4 is 0 Å². The fraction of sp³-hybridized carbons (Fsp3) is 0.800. The molecule has 3 heteroatoms. The van der Waals surface area contributed by atoms with E-state index in [0.29, 0.717) is 6.61 Å². The third kappa shape index (κ3) is 1.49. The first-order valence-corrected chi connectivity index (χ1v) is 5.18. The summed E-state index contributed by atoms with van der Waals surface area (Å²) in [6.07, 6.45) is 8.08. The summed E-state index contributed by atoms with van der Waals surface area (Å²) < 4.78 is 0. The number of hydrogen-bond donors (Lipinski definition) is 0. The molecule has 2 heterocycles. The van der Waals surface area contributed by atoms with Crippen molar-refractivity contribution in [3.8, 4) is 0 Å². The summed E-state index contributed by atoms with van der Waals surface area (Å²) in [5, 5.41) is 12.2. The Kier molecular flexibility index (Phi) is 2.58. The lowest BCUT2D eigenvalue weighted by atomic mass is 10.1. The standard InChI is InChI=1S/C10H17NO2/c1-2-3-4-9-5-6-10-7-8-13-11(9,10)12/h3-4,9-10H,2,5-8H2,1H3/t9-,10?,11?/m1/s1. The molecule has 2 aliphatic heterocycles. The van der Waals surface area contributed by atoms with Crippen LogP contribution in [0.4, 0.5) is 0 Å². The molecule has 0 amide bonds. The predicted octanol–water partition coefficient (Wildman–Crippen LogP) is 1.99. The molecule has 2 rings (SSSR count). The molecular weight excluding hydrogens is 166 g/mol. The second-order valence-electron chi connectivity index (χ2n) is 3.90. The Morgan fingerprint density at radius 2 is 2.31 bits per heavy atom. The summed E-state index contributed by atoms with van der Waals surface area (Å²) in [6, 6.07) is 0.277. The van der Waals surface area contributed by atoms with Crippen LogP contribution in [0, 0.1) is 18.0 Å². The van der Waals surface area contributed by atoms with Gasteiger partial charge in [-0.25, -0.2) is 9.65 Å². The molecule has 3 nitrogen and oxygen atoms in total. The Morgan fingerprint density at radius 3 is 3.08 bits per heavy atom. The zero-order valence-corrected chi connectivity index (χ0v) is 8.11. The average molecular weight is 183 g/mol. The first kappa shape index (κ1) is 9.44. The van der Waals surface area contributed by atoms with Crippen LogP contribution >= 0.6 is 0 Å². The summed E-state index contributed by atoms with van der Waals surface area (Å²) in [7, 11) is 0. The minimum atomic E-state index is -0.392. The fourth-order valence-corrected chi connectivity index (χ4v) is 2.36. The van der Waals surface area contributed by atoms with Crippen LogP contribution in [0.3, 0.4) is 0 Å². The van der Waals surface area contributed by atoms with Gasteiger partial charge in [-0.1, -0.05) is 13.3 Å². The minimum Gasteiger partial charge on any atom is -0.598 e. The van der Waals surface area contributed by atoms with E-state index in [2.05, 4.69) is 13.3 Å². The highest BCUT2D eigenvalue weighted by molar-refractivity contribution is 4.94. The van der Waals surface area contributed by atoms with E-state index in [9.17, 15) is 5.21 Å². The molecule has 0 spiro atoms. The second kappa shape index (κ2) is 3.56. The van der Waals surface area contributed by atoms with Gasteiger partial charge in [0, 0.05) is 25.7 Å². The first-order chi connectivity index (χ1) is 6.27. The van der Waals surface area contributed by atoms with Gasteiger partial charge in [0.25, 0.3) is 0 Å². The number of hydrogen-bond acceptors (Lipinski definition) is 2. The fourth-order valence-electron chi connectivity index (χ4n) is 2.36. The lowest BCUT2D eigenvalue weighted by Crippen LogP contribution is -2.47. The summed E-state index contributed by atoms with van der Waals surface area (Å²) in [4.78, 5) is 4.91. The maximum atomic E-state index is 12.2. The summed E-state index contributed by atoms with van der Waals surface area (Å²) in [5.41, 5.74) is 0. The van der Waals surface area contributed by atoms with Gasteiger partial charge in [-0.3, -0.25) is 0 Å². The normalized spacial score (nSPS) is 43.8. The van der Waals surface area contributed by atoms with Crippen molar-refractivity contribution in [2.45, 2.75) is 44.7 Å². The summed E-state index contributed by atoms with van der Waals surface area (Å²) >= 11 is 0. The summed E-state index contributed by atoms with van der Waals surface area (Å²) in [6.45, 7) is 2.73. The molecular formula is C10H17NO2. The van der Waals surface area contributed by atoms with Crippen LogP contribution in [-0.2, 0) is 4.84 Å². The number of fused-ring (bicyclic) bond motifs is 1. The lowest BCUT2D eigenvalue weighted by molar-refractivity contribution is -1.07. The van der Waals surface area contributed by atoms with E-state index in [1.165, 1.54) is 0 Å². The van der Waals surface area contributed by atoms with E-state index in [1.807, 2.05) is 6.42 Å². The van der Waals surface area contributed by atoms with Gasteiger partial charge >= 0.3 is 0 Å². The van der Waals surface area contributed by atoms with E-state index in [-0.39, 0.29) is 12.1 Å². The molecule has 0 aromatic heterocycles. The van der Waals surface area contributed by atoms with Gasteiger partial charge < -0.3 is 5.21 Å². The van der Waals surface area contributed by atoms with E-state index >= 15 is 0 Å². The van der Waals surface area contributed by atoms with Crippen LogP contribution in [0.25, 0.3) is 0 Å². The average Bonchev–Trinajstić information content (AvgIpc) is 2.59. The Morgan fingerprint density at radius 1 is 1.46 bits per heavy atom. The smallest absolute Gasteiger partial charge is 0.123 e. The van der Waals surface area contributed by atoms with Crippen molar-refractivity contribution in [1.82, 2.24) is 0 Å². The summed E-state index contributed by atoms with van der Waals surface area (Å²) in [5.74, 6) is 0. The highest BCUT2D eigenvalue weighted by atomic mass is 16.9. The molecule has 0 aromatic carbocycles. The van der Waals surface area contributed by atoms with Crippen molar-refractivity contribution in [2.24, 2.45) is 0 Å². The molecule has 0 aliphatic carbocycles. The number of rotatable bonds is 3. The quantitative estimate of drug-likeness (QED) is 0.495. The molecule has 13 heavy (non-hydrogen) atoms. The van der Waals surface area contributed by atoms with Crippen molar-refractivity contribution < 1.29 is 9.65 Å². The van der Waals surface area contributed by atoms with Gasteiger partial charge in [0.2, 0.25) is 0 Å². The van der Waals surface area contributed by atoms with E-state index in [4.69, 9.17) is 4.84 Å². The number of quaternary nitrogens is 1. The van der Waals surface area contributed by atoms with Crippen LogP contribution in [0.2, 0.25) is 0 Å². The number of hydroxylamine groups is 4. The number of unbranched alkanes of at least 4 members (excludes halogenated alkanes) is 1. The van der Waals surface area contributed by atoms with Crippen molar-refractivity contribution >= 4 is 0 Å². The highest BCUT2D eigenvalue weighted by Crippen LogP contribution is 2.40. The molecule has 0 N–H and O–H groups in total. The third-order valence-corrected chi connectivity index (χ3v) is 3.10. The predicted molar refractivity (Wildman–Crippen MR) is 49.9 cm³/mol. The van der Waals surface area contributed by atoms with Crippen LogP contribution in [-0.4, -0.2) is 23.5 Å². The molecule has 2 fully saturated rings. The Labute approximate surface area is 79.8 Å². The molecule has 0 bridgehead atoms. The Hall–Kier alpha value is -0.120. The zero-order chi connectivity index (χ0) is 9.31. The molecule has 2 radical (unpaired) electrons. The number of nitrogens with zero attached hydrogens (tertiary/aromatic N) is 1. The topological polar surface area (TPSA) is 32.3 Å². The van der Waals surface area contributed by atoms with E-state index in [1.54, 1.807) is 0 Å². The van der Waals surface area contributed by atoms with Gasteiger partial charge in [0.1, 0.15) is 18.7 Å². The van der Waals surface area contributed by atoms with Crippen LogP contribution in [0.5, 0.6) is 0 Å². The largest absolute Gasteiger partial charge is 0.598 e. The van der Waals surface area contributed by atoms with Gasteiger partial charge in [-0.05, 0) is 6.42 Å². The molecule has 2 saturated heterocycles. The van der Waals surface area contributed by atoms with Crippen LogP contribution in [0.1, 0.15) is 32.6 Å². The van der Waals surface area contributed by atoms with E-state index in [0.717, 1.165) is 25.7 Å². The van der Waals surface area contributed by atoms with Gasteiger partial charge in [0.05, 0.1) is 0 Å². The van der Waals surface area contributed by atoms with Crippen molar-refractivity contribution in [3.05, 3.63) is 18.0 Å². The second-order valence-corrected chi connectivity index (χ2v) is 3.90. The minimum absolute atomic E-state index is 0.0625. The van der Waals surface area contributed by atoms with Gasteiger partial charge in [-0.15, -0.1) is 0 Å². The molecule has 0 saturated carbocycles. The highest BCUT2D eigenvalue weighted by Gasteiger charge is 2.48. The Balaban J connectivity index is 1.97. The lowest BCUT2D eigenvalue weighted by Gasteiger charge is -2.39. The Bertz CT molecular complexity index is 186. The first-order valence-electron chi connectivity index (χ1n) is 5.18. The van der Waals surface area contributed by atoms with E-state index < -0.39 is 4.81 Å². The van der Waals surface area contributed by atoms with Crippen LogP contribution in [0.15, 0.2) is 0 Å². The SMILES string of the molecule is CC[CH][CH][C@@H]1CCC2CCO[N+]21[O-]. The maximum Gasteiger partial charge on any atom is 0.123 e. The third-order valence-electron chi connectivity index (χ3n) is 3.10. The van der Waals surface area contributed by atoms with Crippen molar-refractivity contribution in [1.29, 1.82) is 0 Å². The monoisotopic (exact) mass is 183 g/mol. The molecule has 3 atom stereocenters. The maximum absolute atomic E-state index is 12.2. The van der Waals surface area contributed by atoms with Crippen molar-refractivity contribution in [3.63, 3.8) is 0 Å². The van der Waals surface area contributed by atoms with Crippen molar-refractivity contribution in [2.75, 3.05) is 6.61 Å².